The molecular weight excluding hydrogens is 280 g/mol. The van der Waals surface area contributed by atoms with E-state index in [2.05, 4.69) is 0 Å². The third-order valence-electron chi connectivity index (χ3n) is 2.66. The van der Waals surface area contributed by atoms with Crippen molar-refractivity contribution in [3.8, 4) is 0 Å². The van der Waals surface area contributed by atoms with Crippen LogP contribution < -0.4 is 5.73 Å². The number of nitrogens with two attached hydrogens (primary N) is 1. The normalized spacial score (nSPS) is 23.2. The molecule has 1 heterocycles. The van der Waals surface area contributed by atoms with Gasteiger partial charge in [0.15, 0.2) is 9.84 Å². The van der Waals surface area contributed by atoms with Gasteiger partial charge in [0, 0.05) is 24.3 Å². The minimum absolute atomic E-state index is 0.0977. The summed E-state index contributed by atoms with van der Waals surface area (Å²) in [6.07, 6.45) is 1.15. The Morgan fingerprint density at radius 2 is 2.18 bits per heavy atom. The maximum Gasteiger partial charge on any atom is 0.233 e. The van der Waals surface area contributed by atoms with Gasteiger partial charge in [-0.05, 0) is 6.92 Å². The van der Waals surface area contributed by atoms with Crippen molar-refractivity contribution in [1.82, 2.24) is 4.90 Å². The van der Waals surface area contributed by atoms with Gasteiger partial charge in [-0.3, -0.25) is 4.79 Å². The largest absolute Gasteiger partial charge is 0.393 e. The number of sulfone groups is 1. The molecule has 2 unspecified atom stereocenters. The molecule has 8 heteroatoms. The van der Waals surface area contributed by atoms with E-state index < -0.39 is 21.1 Å². The van der Waals surface area contributed by atoms with E-state index in [9.17, 15) is 13.2 Å². The zero-order chi connectivity index (χ0) is 13.2. The zero-order valence-electron chi connectivity index (χ0n) is 9.75. The van der Waals surface area contributed by atoms with E-state index in [1.165, 1.54) is 16.7 Å². The highest BCUT2D eigenvalue weighted by Crippen LogP contribution is 2.22. The Kier molecular flexibility index (Phi) is 4.79. The summed E-state index contributed by atoms with van der Waals surface area (Å²) >= 11 is 6.31. The molecule has 0 aromatic rings. The van der Waals surface area contributed by atoms with Crippen LogP contribution >= 0.6 is 24.0 Å². The van der Waals surface area contributed by atoms with Crippen LogP contribution in [0.25, 0.3) is 0 Å². The maximum atomic E-state index is 12.1. The van der Waals surface area contributed by atoms with Gasteiger partial charge in [0.25, 0.3) is 0 Å². The minimum atomic E-state index is -3.28. The predicted octanol–water partition coefficient (Wildman–Crippen LogP) is -0.145. The van der Waals surface area contributed by atoms with Gasteiger partial charge in [0.05, 0.1) is 10.9 Å². The van der Waals surface area contributed by atoms with Crippen molar-refractivity contribution in [2.75, 3.05) is 24.3 Å². The molecule has 0 aromatic carbocycles. The van der Waals surface area contributed by atoms with Crippen molar-refractivity contribution in [2.45, 2.75) is 12.3 Å². The molecule has 1 fully saturated rings. The molecule has 1 aliphatic rings. The SMILES string of the molecule is CC(C(=O)N1CCSCC1S(C)(=O)=O)C(N)=S. The highest BCUT2D eigenvalue weighted by Gasteiger charge is 2.36. The fraction of sp³-hybridized carbons (Fsp3) is 0.778. The number of thioether (sulfide) groups is 1. The molecule has 1 saturated heterocycles. The van der Waals surface area contributed by atoms with Gasteiger partial charge in [-0.2, -0.15) is 11.8 Å². The van der Waals surface area contributed by atoms with Crippen molar-refractivity contribution >= 4 is 44.7 Å². The van der Waals surface area contributed by atoms with E-state index in [4.69, 9.17) is 18.0 Å². The number of thiocarbonyl (C=S) groups is 1. The van der Waals surface area contributed by atoms with Crippen LogP contribution in [0.4, 0.5) is 0 Å². The third-order valence-corrected chi connectivity index (χ3v) is 5.66. The number of hydrogen-bond donors (Lipinski definition) is 1. The maximum absolute atomic E-state index is 12.1. The number of hydrogen-bond acceptors (Lipinski definition) is 5. The van der Waals surface area contributed by atoms with Crippen molar-refractivity contribution in [3.63, 3.8) is 0 Å². The van der Waals surface area contributed by atoms with E-state index in [0.717, 1.165) is 12.0 Å². The lowest BCUT2D eigenvalue weighted by atomic mass is 10.1. The van der Waals surface area contributed by atoms with Gasteiger partial charge >= 0.3 is 0 Å². The summed E-state index contributed by atoms with van der Waals surface area (Å²) in [5, 5.41) is -0.759. The number of carbonyl (C=O) groups is 1. The second-order valence-corrected chi connectivity index (χ2v) is 7.84. The van der Waals surface area contributed by atoms with Crippen LogP contribution in [0.5, 0.6) is 0 Å². The lowest BCUT2D eigenvalue weighted by Gasteiger charge is -2.35. The van der Waals surface area contributed by atoms with Crippen LogP contribution in [-0.2, 0) is 14.6 Å². The van der Waals surface area contributed by atoms with Crippen LogP contribution in [0.1, 0.15) is 6.92 Å². The molecule has 98 valence electrons. The predicted molar refractivity (Wildman–Crippen MR) is 73.6 cm³/mol. The molecule has 2 N–H and O–H groups in total. The molecule has 1 amide bonds. The Morgan fingerprint density at radius 1 is 1.59 bits per heavy atom. The molecule has 0 saturated carbocycles. The molecule has 2 atom stereocenters. The van der Waals surface area contributed by atoms with E-state index in [1.54, 1.807) is 6.92 Å². The first-order valence-corrected chi connectivity index (χ1v) is 8.63. The van der Waals surface area contributed by atoms with Crippen molar-refractivity contribution in [2.24, 2.45) is 11.7 Å². The highest BCUT2D eigenvalue weighted by molar-refractivity contribution is 8.00. The fourth-order valence-corrected chi connectivity index (χ4v) is 4.48. The van der Waals surface area contributed by atoms with E-state index in [1.807, 2.05) is 0 Å². The Morgan fingerprint density at radius 3 is 2.65 bits per heavy atom. The Bertz CT molecular complexity index is 421. The topological polar surface area (TPSA) is 80.5 Å². The van der Waals surface area contributed by atoms with Crippen LogP contribution in [0.15, 0.2) is 0 Å². The minimum Gasteiger partial charge on any atom is -0.393 e. The molecule has 0 bridgehead atoms. The number of amides is 1. The summed E-state index contributed by atoms with van der Waals surface area (Å²) in [7, 11) is -3.28. The average molecular weight is 296 g/mol. The molecule has 1 aliphatic heterocycles. The Labute approximate surface area is 111 Å². The summed E-state index contributed by atoms with van der Waals surface area (Å²) in [5.41, 5.74) is 5.43. The number of carbonyl (C=O) groups excluding carboxylic acids is 1. The monoisotopic (exact) mass is 296 g/mol. The molecule has 0 aromatic heterocycles. The average Bonchev–Trinajstić information content (AvgIpc) is 2.25. The lowest BCUT2D eigenvalue weighted by Crippen LogP contribution is -2.52. The smallest absolute Gasteiger partial charge is 0.233 e. The summed E-state index contributed by atoms with van der Waals surface area (Å²) in [4.78, 5) is 13.6. The van der Waals surface area contributed by atoms with Gasteiger partial charge in [-0.1, -0.05) is 12.2 Å². The Hall–Kier alpha value is -0.340. The van der Waals surface area contributed by atoms with E-state index >= 15 is 0 Å². The lowest BCUT2D eigenvalue weighted by molar-refractivity contribution is -0.133. The number of rotatable bonds is 3. The molecule has 0 aliphatic carbocycles. The molecule has 0 radical (unpaired) electrons. The Balaban J connectivity index is 2.93. The quantitative estimate of drug-likeness (QED) is 0.730. The number of nitrogens with zero attached hydrogens (tertiary/aromatic N) is 1. The second-order valence-electron chi connectivity index (χ2n) is 4.01. The van der Waals surface area contributed by atoms with Crippen LogP contribution in [0.3, 0.4) is 0 Å². The van der Waals surface area contributed by atoms with Crippen LogP contribution in [0.2, 0.25) is 0 Å². The molecular formula is C9H16N2O3S3. The fourth-order valence-electron chi connectivity index (χ4n) is 1.56. The summed E-state index contributed by atoms with van der Waals surface area (Å²) in [6.45, 7) is 2.03. The van der Waals surface area contributed by atoms with Crippen LogP contribution in [0, 0.1) is 5.92 Å². The van der Waals surface area contributed by atoms with Gasteiger partial charge < -0.3 is 10.6 Å². The van der Waals surface area contributed by atoms with Gasteiger partial charge in [-0.25, -0.2) is 8.42 Å². The van der Waals surface area contributed by atoms with Crippen molar-refractivity contribution in [3.05, 3.63) is 0 Å². The van der Waals surface area contributed by atoms with Crippen molar-refractivity contribution < 1.29 is 13.2 Å². The highest BCUT2D eigenvalue weighted by atomic mass is 32.2. The van der Waals surface area contributed by atoms with E-state index in [-0.39, 0.29) is 10.9 Å². The molecule has 1 rings (SSSR count). The first kappa shape index (κ1) is 14.7. The van der Waals surface area contributed by atoms with Gasteiger partial charge in [-0.15, -0.1) is 0 Å². The summed E-state index contributed by atoms with van der Waals surface area (Å²) < 4.78 is 23.2. The molecule has 5 nitrogen and oxygen atoms in total. The first-order chi connectivity index (χ1) is 7.75. The second kappa shape index (κ2) is 5.53. The summed E-state index contributed by atoms with van der Waals surface area (Å²) in [6, 6.07) is 0. The van der Waals surface area contributed by atoms with Gasteiger partial charge in [0.1, 0.15) is 5.37 Å². The van der Waals surface area contributed by atoms with E-state index in [0.29, 0.717) is 12.3 Å². The van der Waals surface area contributed by atoms with Gasteiger partial charge in [0.2, 0.25) is 5.91 Å². The standard InChI is InChI=1S/C9H16N2O3S3/c1-6(8(10)15)9(12)11-3-4-16-5-7(11)17(2,13)14/h6-7H,3-5H2,1-2H3,(H2,10,15). The zero-order valence-corrected chi connectivity index (χ0v) is 12.2. The summed E-state index contributed by atoms with van der Waals surface area (Å²) in [5.74, 6) is 0.238. The third kappa shape index (κ3) is 3.56. The molecule has 17 heavy (non-hydrogen) atoms. The molecule has 0 spiro atoms. The van der Waals surface area contributed by atoms with Crippen LogP contribution in [-0.4, -0.2) is 53.9 Å². The van der Waals surface area contributed by atoms with Crippen molar-refractivity contribution in [1.29, 1.82) is 0 Å². The first-order valence-electron chi connectivity index (χ1n) is 5.11.